The van der Waals surface area contributed by atoms with Gasteiger partial charge in [0.1, 0.15) is 5.75 Å². The monoisotopic (exact) mass is 359 g/mol. The van der Waals surface area contributed by atoms with E-state index in [1.54, 1.807) is 25.3 Å². The number of methoxy groups -OCH3 is 3. The van der Waals surface area contributed by atoms with Crippen molar-refractivity contribution in [3.8, 4) is 23.0 Å². The Hall–Kier alpha value is -3.42. The second kappa shape index (κ2) is 9.16. The third-order valence-electron chi connectivity index (χ3n) is 3.45. The van der Waals surface area contributed by atoms with Crippen molar-refractivity contribution < 1.29 is 24.1 Å². The number of hydrogen-bond acceptors (Lipinski definition) is 7. The van der Waals surface area contributed by atoms with Crippen LogP contribution in [0.3, 0.4) is 0 Å². The minimum atomic E-state index is -0.329. The van der Waals surface area contributed by atoms with Gasteiger partial charge in [-0.1, -0.05) is 12.1 Å². The molecule has 26 heavy (non-hydrogen) atoms. The van der Waals surface area contributed by atoms with Crippen molar-refractivity contribution in [3.63, 3.8) is 0 Å². The fraction of sp³-hybridized carbons (Fsp3) is 0.222. The van der Waals surface area contributed by atoms with Crippen molar-refractivity contribution in [2.75, 3.05) is 33.2 Å². The lowest BCUT2D eigenvalue weighted by Gasteiger charge is -2.10. The minimum Gasteiger partial charge on any atom is -0.502 e. The van der Waals surface area contributed by atoms with Gasteiger partial charge in [0, 0.05) is 5.56 Å². The summed E-state index contributed by atoms with van der Waals surface area (Å²) >= 11 is 0. The van der Waals surface area contributed by atoms with Gasteiger partial charge in [-0.3, -0.25) is 4.79 Å². The molecule has 0 radical (unpaired) electrons. The zero-order chi connectivity index (χ0) is 18.9. The van der Waals surface area contributed by atoms with Crippen LogP contribution in [0.15, 0.2) is 41.5 Å². The molecular weight excluding hydrogens is 338 g/mol. The number of benzene rings is 2. The molecule has 0 bridgehead atoms. The highest BCUT2D eigenvalue weighted by Gasteiger charge is 2.10. The van der Waals surface area contributed by atoms with Crippen molar-refractivity contribution in [3.05, 3.63) is 42.0 Å². The molecule has 0 saturated carbocycles. The van der Waals surface area contributed by atoms with Crippen LogP contribution in [0.1, 0.15) is 5.56 Å². The van der Waals surface area contributed by atoms with E-state index in [-0.39, 0.29) is 29.7 Å². The van der Waals surface area contributed by atoms with E-state index >= 15 is 0 Å². The summed E-state index contributed by atoms with van der Waals surface area (Å²) in [5.74, 6) is 0.707. The molecule has 8 nitrogen and oxygen atoms in total. The number of nitrogens with one attached hydrogen (secondary N) is 2. The molecule has 1 amide bonds. The van der Waals surface area contributed by atoms with Crippen molar-refractivity contribution in [1.82, 2.24) is 5.43 Å². The Kier molecular flexibility index (Phi) is 6.67. The second-order valence-electron chi connectivity index (χ2n) is 5.12. The van der Waals surface area contributed by atoms with E-state index in [0.717, 1.165) is 0 Å². The lowest BCUT2D eigenvalue weighted by atomic mass is 10.2. The SMILES string of the molecule is COc1ccccc1NCC(=O)N/N=C/c1cc(OC)c(O)c(OC)c1. The Morgan fingerprint density at radius 1 is 1.08 bits per heavy atom. The molecule has 8 heteroatoms. The lowest BCUT2D eigenvalue weighted by Crippen LogP contribution is -2.26. The normalized spacial score (nSPS) is 10.4. The van der Waals surface area contributed by atoms with Gasteiger partial charge in [0.15, 0.2) is 11.5 Å². The van der Waals surface area contributed by atoms with Crippen molar-refractivity contribution in [1.29, 1.82) is 0 Å². The van der Waals surface area contributed by atoms with E-state index in [1.807, 2.05) is 18.2 Å². The number of nitrogens with zero attached hydrogens (tertiary/aromatic N) is 1. The van der Waals surface area contributed by atoms with Crippen molar-refractivity contribution in [2.24, 2.45) is 5.10 Å². The van der Waals surface area contributed by atoms with Gasteiger partial charge >= 0.3 is 0 Å². The highest BCUT2D eigenvalue weighted by atomic mass is 16.5. The first-order valence-electron chi connectivity index (χ1n) is 7.72. The van der Waals surface area contributed by atoms with Gasteiger partial charge in [-0.05, 0) is 24.3 Å². The first kappa shape index (κ1) is 18.9. The number of hydrazone groups is 1. The molecule has 0 fully saturated rings. The number of hydrogen-bond donors (Lipinski definition) is 3. The zero-order valence-electron chi connectivity index (χ0n) is 14.8. The first-order valence-corrected chi connectivity index (χ1v) is 7.72. The van der Waals surface area contributed by atoms with Gasteiger partial charge < -0.3 is 24.6 Å². The fourth-order valence-electron chi connectivity index (χ4n) is 2.17. The van der Waals surface area contributed by atoms with Crippen LogP contribution in [0, 0.1) is 0 Å². The van der Waals surface area contributed by atoms with Crippen LogP contribution in [-0.2, 0) is 4.79 Å². The third-order valence-corrected chi connectivity index (χ3v) is 3.45. The van der Waals surface area contributed by atoms with Crippen LogP contribution < -0.4 is 25.0 Å². The summed E-state index contributed by atoms with van der Waals surface area (Å²) in [5.41, 5.74) is 3.71. The van der Waals surface area contributed by atoms with Gasteiger partial charge in [0.25, 0.3) is 5.91 Å². The van der Waals surface area contributed by atoms with Crippen molar-refractivity contribution >= 4 is 17.8 Å². The molecule has 0 heterocycles. The van der Waals surface area contributed by atoms with E-state index < -0.39 is 0 Å². The number of carbonyl (C=O) groups excluding carboxylic acids is 1. The summed E-state index contributed by atoms with van der Waals surface area (Å²) in [7, 11) is 4.42. The summed E-state index contributed by atoms with van der Waals surface area (Å²) in [5, 5.41) is 16.7. The molecule has 3 N–H and O–H groups in total. The number of aromatic hydroxyl groups is 1. The third kappa shape index (κ3) is 4.79. The second-order valence-corrected chi connectivity index (χ2v) is 5.12. The molecule has 0 saturated heterocycles. The molecule has 0 aromatic heterocycles. The van der Waals surface area contributed by atoms with E-state index in [9.17, 15) is 9.90 Å². The van der Waals surface area contributed by atoms with E-state index in [0.29, 0.717) is 17.0 Å². The number of carbonyl (C=O) groups is 1. The van der Waals surface area contributed by atoms with E-state index in [2.05, 4.69) is 15.8 Å². The number of amides is 1. The standard InChI is InChI=1S/C18H21N3O5/c1-24-14-7-5-4-6-13(14)19-11-17(22)21-20-10-12-8-15(25-2)18(23)16(9-12)26-3/h4-10,19,23H,11H2,1-3H3,(H,21,22)/b20-10+. The maximum atomic E-state index is 11.9. The molecule has 2 aromatic carbocycles. The molecular formula is C18H21N3O5. The van der Waals surface area contributed by atoms with Crippen LogP contribution >= 0.6 is 0 Å². The van der Waals surface area contributed by atoms with Gasteiger partial charge in [-0.25, -0.2) is 5.43 Å². The number of rotatable bonds is 8. The summed E-state index contributed by atoms with van der Waals surface area (Å²) < 4.78 is 15.3. The van der Waals surface area contributed by atoms with Gasteiger partial charge in [-0.15, -0.1) is 0 Å². The highest BCUT2D eigenvalue weighted by Crippen LogP contribution is 2.36. The first-order chi connectivity index (χ1) is 12.6. The maximum Gasteiger partial charge on any atom is 0.259 e. The summed E-state index contributed by atoms with van der Waals surface area (Å²) in [6, 6.07) is 10.4. The number of ether oxygens (including phenoxy) is 3. The predicted molar refractivity (Wildman–Crippen MR) is 98.4 cm³/mol. The molecule has 0 aliphatic carbocycles. The molecule has 0 aliphatic rings. The van der Waals surface area contributed by atoms with Crippen LogP contribution in [-0.4, -0.2) is 45.1 Å². The lowest BCUT2D eigenvalue weighted by molar-refractivity contribution is -0.119. The summed E-state index contributed by atoms with van der Waals surface area (Å²) in [4.78, 5) is 11.9. The van der Waals surface area contributed by atoms with E-state index in [1.165, 1.54) is 20.4 Å². The molecule has 2 rings (SSSR count). The van der Waals surface area contributed by atoms with Gasteiger partial charge in [0.05, 0.1) is 39.8 Å². The van der Waals surface area contributed by atoms with Crippen LogP contribution in [0.25, 0.3) is 0 Å². The zero-order valence-corrected chi connectivity index (χ0v) is 14.8. The highest BCUT2D eigenvalue weighted by molar-refractivity contribution is 5.85. The molecule has 0 atom stereocenters. The smallest absolute Gasteiger partial charge is 0.259 e. The van der Waals surface area contributed by atoms with E-state index in [4.69, 9.17) is 14.2 Å². The average molecular weight is 359 g/mol. The number of para-hydroxylation sites is 2. The molecule has 2 aromatic rings. The van der Waals surface area contributed by atoms with Gasteiger partial charge in [0.2, 0.25) is 5.75 Å². The Morgan fingerprint density at radius 2 is 1.69 bits per heavy atom. The van der Waals surface area contributed by atoms with Crippen LogP contribution in [0.4, 0.5) is 5.69 Å². The molecule has 0 spiro atoms. The quantitative estimate of drug-likeness (QED) is 0.492. The molecule has 0 unspecified atom stereocenters. The number of anilines is 1. The Labute approximate surface area is 151 Å². The minimum absolute atomic E-state index is 0.0277. The van der Waals surface area contributed by atoms with Gasteiger partial charge in [-0.2, -0.15) is 5.10 Å². The fourth-order valence-corrected chi connectivity index (χ4v) is 2.17. The van der Waals surface area contributed by atoms with Crippen LogP contribution in [0.5, 0.6) is 23.0 Å². The number of phenolic OH excluding ortho intramolecular Hbond substituents is 1. The Balaban J connectivity index is 1.94. The topological polar surface area (TPSA) is 101 Å². The number of phenols is 1. The maximum absolute atomic E-state index is 11.9. The predicted octanol–water partition coefficient (Wildman–Crippen LogP) is 1.98. The summed E-state index contributed by atoms with van der Waals surface area (Å²) in [6.07, 6.45) is 1.42. The largest absolute Gasteiger partial charge is 0.502 e. The van der Waals surface area contributed by atoms with Crippen molar-refractivity contribution in [2.45, 2.75) is 0 Å². The molecule has 0 aliphatic heterocycles. The molecule has 138 valence electrons. The summed E-state index contributed by atoms with van der Waals surface area (Å²) in [6.45, 7) is 0.0277. The Bertz CT molecular complexity index is 767. The van der Waals surface area contributed by atoms with Crippen LogP contribution in [0.2, 0.25) is 0 Å². The average Bonchev–Trinajstić information content (AvgIpc) is 2.67. The Morgan fingerprint density at radius 3 is 2.31 bits per heavy atom.